The SMILES string of the molecule is O.[B]N.[H-].[Li+]. The van der Waals surface area contributed by atoms with Crippen LogP contribution < -0.4 is 24.5 Å². The van der Waals surface area contributed by atoms with Gasteiger partial charge < -0.3 is 12.5 Å². The standard InChI is InChI=1S/BH2N.Li.H2O.H/c1-2;;;/h2H2;;1H2;/q;+1;;-1. The Bertz CT molecular complexity index is 11.6. The summed E-state index contributed by atoms with van der Waals surface area (Å²) in [6.07, 6.45) is 0. The summed E-state index contributed by atoms with van der Waals surface area (Å²) in [5, 5.41) is 0. The molecule has 0 saturated heterocycles. The van der Waals surface area contributed by atoms with Crippen LogP contribution in [0.1, 0.15) is 1.43 Å². The Balaban J connectivity index is -0.00000000167. The van der Waals surface area contributed by atoms with Crippen molar-refractivity contribution in [3.05, 3.63) is 0 Å². The van der Waals surface area contributed by atoms with E-state index in [9.17, 15) is 0 Å². The Kier molecular flexibility index (Phi) is 414. The van der Waals surface area contributed by atoms with Crippen LogP contribution in [0.5, 0.6) is 0 Å². The first-order valence-corrected chi connectivity index (χ1v) is 0.333. The monoisotopic (exact) mass is 53.1 g/mol. The van der Waals surface area contributed by atoms with E-state index in [0.29, 0.717) is 0 Å². The van der Waals surface area contributed by atoms with Gasteiger partial charge in [0, 0.05) is 0 Å². The van der Waals surface area contributed by atoms with E-state index in [2.05, 4.69) is 13.6 Å². The van der Waals surface area contributed by atoms with Crippen LogP contribution in [0.2, 0.25) is 0 Å². The molecule has 0 unspecified atom stereocenters. The largest absolute Gasteiger partial charge is 1.00 e. The average molecular weight is 52.8 g/mol. The average Bonchev–Trinajstić information content (AvgIpc) is 1.00. The molecule has 0 aliphatic rings. The van der Waals surface area contributed by atoms with E-state index in [1.54, 1.807) is 0 Å². The van der Waals surface area contributed by atoms with Crippen molar-refractivity contribution in [3.8, 4) is 0 Å². The van der Waals surface area contributed by atoms with Gasteiger partial charge in [0.05, 0.1) is 0 Å². The van der Waals surface area contributed by atoms with Crippen molar-refractivity contribution in [1.29, 1.82) is 0 Å². The maximum absolute atomic E-state index is 4.00. The Labute approximate surface area is 40.2 Å². The second-order valence-corrected chi connectivity index (χ2v) is 0. The minimum absolute atomic E-state index is 0. The quantitative estimate of drug-likeness (QED) is 0.277. The molecule has 4 heteroatoms. The minimum atomic E-state index is 0. The van der Waals surface area contributed by atoms with Crippen molar-refractivity contribution in [1.82, 2.24) is 0 Å². The van der Waals surface area contributed by atoms with Gasteiger partial charge in [0.15, 0.2) is 7.98 Å². The molecule has 0 atom stereocenters. The van der Waals surface area contributed by atoms with Gasteiger partial charge in [-0.3, -0.25) is 0 Å². The summed E-state index contributed by atoms with van der Waals surface area (Å²) >= 11 is 0. The Morgan fingerprint density at radius 1 is 1.50 bits per heavy atom. The number of hydrogen-bond acceptors (Lipinski definition) is 1. The molecule has 0 bridgehead atoms. The third kappa shape index (κ3) is 19.1. The predicted octanol–water partition coefficient (Wildman–Crippen LogP) is -4.68. The molecule has 0 amide bonds. The van der Waals surface area contributed by atoms with Crippen LogP contribution in [0, 0.1) is 0 Å². The van der Waals surface area contributed by atoms with Gasteiger partial charge in [-0.05, 0) is 0 Å². The third-order valence-corrected chi connectivity index (χ3v) is 0. The van der Waals surface area contributed by atoms with Gasteiger partial charge in [-0.2, -0.15) is 0 Å². The maximum Gasteiger partial charge on any atom is 1.00 e. The molecule has 4 N–H and O–H groups in total. The zero-order chi connectivity index (χ0) is 2.00. The van der Waals surface area contributed by atoms with Gasteiger partial charge in [0.2, 0.25) is 0 Å². The normalized spacial score (nSPS) is 1.25. The van der Waals surface area contributed by atoms with Gasteiger partial charge >= 0.3 is 18.9 Å². The van der Waals surface area contributed by atoms with Crippen LogP contribution in [-0.2, 0) is 0 Å². The van der Waals surface area contributed by atoms with E-state index in [-0.39, 0.29) is 25.8 Å². The Morgan fingerprint density at radius 2 is 1.50 bits per heavy atom. The van der Waals surface area contributed by atoms with Crippen LogP contribution in [0.15, 0.2) is 0 Å². The van der Waals surface area contributed by atoms with Crippen molar-refractivity contribution in [2.75, 3.05) is 0 Å². The first-order valence-electron chi connectivity index (χ1n) is 0.333. The summed E-state index contributed by atoms with van der Waals surface area (Å²) in [6, 6.07) is 0. The fourth-order valence-corrected chi connectivity index (χ4v) is 0. The third-order valence-electron chi connectivity index (χ3n) is 0. The first kappa shape index (κ1) is 23.5. The molecule has 0 spiro atoms. The first-order chi connectivity index (χ1) is 1.00. The topological polar surface area (TPSA) is 57.5 Å². The summed E-state index contributed by atoms with van der Waals surface area (Å²) in [5.41, 5.74) is 4.00. The smallest absolute Gasteiger partial charge is 1.00 e. The molecule has 0 fully saturated rings. The van der Waals surface area contributed by atoms with Crippen molar-refractivity contribution < 1.29 is 25.8 Å². The van der Waals surface area contributed by atoms with Crippen molar-refractivity contribution in [3.63, 3.8) is 0 Å². The van der Waals surface area contributed by atoms with Crippen LogP contribution >= 0.6 is 0 Å². The Morgan fingerprint density at radius 3 is 1.50 bits per heavy atom. The molecule has 4 heavy (non-hydrogen) atoms. The number of hydrogen-bond donors (Lipinski definition) is 1. The maximum atomic E-state index is 4.00. The van der Waals surface area contributed by atoms with E-state index in [4.69, 9.17) is 0 Å². The zero-order valence-corrected chi connectivity index (χ0v) is 2.65. The molecule has 0 saturated carbocycles. The van der Waals surface area contributed by atoms with Crippen LogP contribution in [-0.4, -0.2) is 13.5 Å². The van der Waals surface area contributed by atoms with Gasteiger partial charge in [-0.1, -0.05) is 0 Å². The second-order valence-electron chi connectivity index (χ2n) is 0. The summed E-state index contributed by atoms with van der Waals surface area (Å²) < 4.78 is 0. The molecule has 0 aromatic rings. The molecule has 0 aliphatic heterocycles. The number of rotatable bonds is 0. The Hall–Kier alpha value is 0.582. The van der Waals surface area contributed by atoms with E-state index < -0.39 is 0 Å². The summed E-state index contributed by atoms with van der Waals surface area (Å²) in [4.78, 5) is 0. The summed E-state index contributed by atoms with van der Waals surface area (Å²) in [6.45, 7) is 0. The molecule has 20 valence electrons. The number of nitrogens with two attached hydrogens (primary N) is 1. The van der Waals surface area contributed by atoms with E-state index >= 15 is 0 Å². The molecule has 0 aliphatic carbocycles. The summed E-state index contributed by atoms with van der Waals surface area (Å²) in [5.74, 6) is 0. The van der Waals surface area contributed by atoms with Crippen molar-refractivity contribution in [2.24, 2.45) is 5.64 Å². The minimum Gasteiger partial charge on any atom is -1.00 e. The van der Waals surface area contributed by atoms with Gasteiger partial charge in [0.25, 0.3) is 0 Å². The van der Waals surface area contributed by atoms with E-state index in [1.165, 1.54) is 0 Å². The van der Waals surface area contributed by atoms with Crippen LogP contribution in [0.25, 0.3) is 0 Å². The van der Waals surface area contributed by atoms with Crippen molar-refractivity contribution >= 4 is 7.98 Å². The van der Waals surface area contributed by atoms with E-state index in [0.717, 1.165) is 0 Å². The van der Waals surface area contributed by atoms with Gasteiger partial charge in [0.1, 0.15) is 0 Å². The summed E-state index contributed by atoms with van der Waals surface area (Å²) in [7, 11) is 4.00. The molecule has 2 nitrogen and oxygen atoms in total. The zero-order valence-electron chi connectivity index (χ0n) is 3.65. The van der Waals surface area contributed by atoms with Crippen LogP contribution in [0.4, 0.5) is 0 Å². The molecule has 2 radical (unpaired) electrons. The second kappa shape index (κ2) is 70.4. The van der Waals surface area contributed by atoms with E-state index in [1.807, 2.05) is 0 Å². The van der Waals surface area contributed by atoms with Gasteiger partial charge in [-0.15, -0.1) is 0 Å². The molecule has 0 rings (SSSR count). The molecular formula is H5BLiNO. The fraction of sp³-hybridized carbons (Fsp3) is 0. The molecule has 0 aromatic carbocycles. The molecule has 0 heterocycles. The molecule has 0 aromatic heterocycles. The fourth-order valence-electron chi connectivity index (χ4n) is 0. The van der Waals surface area contributed by atoms with Gasteiger partial charge in [-0.25, -0.2) is 0 Å². The molecular weight excluding hydrogens is 47.8 g/mol. The van der Waals surface area contributed by atoms with Crippen molar-refractivity contribution in [2.45, 2.75) is 0 Å². The predicted molar refractivity (Wildman–Crippen MR) is 14.7 cm³/mol. The van der Waals surface area contributed by atoms with Crippen LogP contribution in [0.3, 0.4) is 0 Å².